The van der Waals surface area contributed by atoms with Crippen molar-refractivity contribution in [1.29, 1.82) is 5.26 Å². The lowest BCUT2D eigenvalue weighted by Crippen LogP contribution is -1.81. The Morgan fingerprint density at radius 3 is 2.89 bits per heavy atom. The van der Waals surface area contributed by atoms with E-state index >= 15 is 0 Å². The van der Waals surface area contributed by atoms with E-state index in [1.54, 1.807) is 11.8 Å². The first-order valence-electron chi connectivity index (χ1n) is 2.61. The molecule has 0 radical (unpaired) electrons. The van der Waals surface area contributed by atoms with Crippen LogP contribution >= 0.6 is 23.5 Å². The highest BCUT2D eigenvalue weighted by molar-refractivity contribution is 8.05. The van der Waals surface area contributed by atoms with Crippen molar-refractivity contribution >= 4 is 23.5 Å². The van der Waals surface area contributed by atoms with Gasteiger partial charge in [-0.1, -0.05) is 6.08 Å². The Balaban J connectivity index is 2.76. The maximum Gasteiger partial charge on any atom is 0.133 e. The van der Waals surface area contributed by atoms with Gasteiger partial charge in [0.25, 0.3) is 0 Å². The average molecular weight is 159 g/mol. The van der Waals surface area contributed by atoms with Crippen molar-refractivity contribution in [3.8, 4) is 5.40 Å². The van der Waals surface area contributed by atoms with E-state index in [1.807, 2.05) is 11.5 Å². The van der Waals surface area contributed by atoms with E-state index in [9.17, 15) is 0 Å². The number of nitriles is 1. The molecule has 0 unspecified atom stereocenters. The lowest BCUT2D eigenvalue weighted by atomic mass is 10.8. The molecular formula is C6H9NS2. The van der Waals surface area contributed by atoms with Crippen molar-refractivity contribution in [1.82, 2.24) is 0 Å². The van der Waals surface area contributed by atoms with Gasteiger partial charge in [0, 0.05) is 17.3 Å². The lowest BCUT2D eigenvalue weighted by Gasteiger charge is -1.90. The minimum atomic E-state index is 0.926. The zero-order valence-electron chi connectivity index (χ0n) is 5.17. The molecule has 0 spiro atoms. The minimum absolute atomic E-state index is 0.926. The summed E-state index contributed by atoms with van der Waals surface area (Å²) in [5.74, 6) is 2.96. The normalized spacial score (nSPS) is 8.33. The van der Waals surface area contributed by atoms with E-state index in [0.717, 1.165) is 17.3 Å². The molecule has 0 amide bonds. The lowest BCUT2D eigenvalue weighted by molar-refractivity contribution is 1.53. The summed E-state index contributed by atoms with van der Waals surface area (Å²) in [4.78, 5) is 0. The van der Waals surface area contributed by atoms with Gasteiger partial charge in [-0.3, -0.25) is 0 Å². The molecule has 0 aliphatic carbocycles. The molecule has 0 N–H and O–H groups in total. The maximum absolute atomic E-state index is 8.11. The third-order valence-corrected chi connectivity index (χ3v) is 2.39. The summed E-state index contributed by atoms with van der Waals surface area (Å²) in [6.07, 6.45) is 1.88. The second-order valence-corrected chi connectivity index (χ2v) is 3.33. The molecule has 0 aliphatic rings. The van der Waals surface area contributed by atoms with Gasteiger partial charge < -0.3 is 0 Å². The minimum Gasteiger partial charge on any atom is -0.185 e. The van der Waals surface area contributed by atoms with E-state index in [1.165, 1.54) is 11.8 Å². The van der Waals surface area contributed by atoms with Gasteiger partial charge >= 0.3 is 0 Å². The fourth-order valence-corrected chi connectivity index (χ4v) is 1.54. The highest BCUT2D eigenvalue weighted by atomic mass is 32.2. The summed E-state index contributed by atoms with van der Waals surface area (Å²) < 4.78 is 0. The van der Waals surface area contributed by atoms with Crippen molar-refractivity contribution in [2.75, 3.05) is 17.3 Å². The molecule has 0 aromatic carbocycles. The zero-order chi connectivity index (χ0) is 6.95. The van der Waals surface area contributed by atoms with E-state index in [4.69, 9.17) is 5.26 Å². The van der Waals surface area contributed by atoms with E-state index < -0.39 is 0 Å². The van der Waals surface area contributed by atoms with Gasteiger partial charge in [0.15, 0.2) is 0 Å². The molecule has 0 fully saturated rings. The predicted octanol–water partition coefficient (Wildman–Crippen LogP) is 2.12. The molecule has 0 aliphatic heterocycles. The van der Waals surface area contributed by atoms with Crippen LogP contribution in [0.5, 0.6) is 0 Å². The molecule has 50 valence electrons. The number of rotatable bonds is 5. The Morgan fingerprint density at radius 2 is 2.33 bits per heavy atom. The molecule has 0 saturated heterocycles. The number of hydrogen-bond acceptors (Lipinski definition) is 3. The molecule has 9 heavy (non-hydrogen) atoms. The summed E-state index contributed by atoms with van der Waals surface area (Å²) in [5, 5.41) is 10.1. The summed E-state index contributed by atoms with van der Waals surface area (Å²) in [7, 11) is 0. The summed E-state index contributed by atoms with van der Waals surface area (Å²) >= 11 is 3.11. The molecule has 0 aromatic heterocycles. The fraction of sp³-hybridized carbons (Fsp3) is 0.500. The Kier molecular flexibility index (Phi) is 7.87. The number of nitrogens with zero attached hydrogens (tertiary/aromatic N) is 1. The summed E-state index contributed by atoms with van der Waals surface area (Å²) in [5.41, 5.74) is 0. The third-order valence-electron chi connectivity index (χ3n) is 0.630. The van der Waals surface area contributed by atoms with Crippen LogP contribution < -0.4 is 0 Å². The first kappa shape index (κ1) is 8.93. The predicted molar refractivity (Wildman–Crippen MR) is 45.6 cm³/mol. The highest BCUT2D eigenvalue weighted by Gasteiger charge is 1.84. The van der Waals surface area contributed by atoms with Crippen LogP contribution in [0.4, 0.5) is 0 Å². The Bertz CT molecular complexity index is 106. The zero-order valence-corrected chi connectivity index (χ0v) is 6.80. The largest absolute Gasteiger partial charge is 0.185 e. The summed E-state index contributed by atoms with van der Waals surface area (Å²) in [6.45, 7) is 3.59. The van der Waals surface area contributed by atoms with Gasteiger partial charge in [-0.05, 0) is 11.8 Å². The quantitative estimate of drug-likeness (QED) is 0.349. The van der Waals surface area contributed by atoms with Crippen LogP contribution in [-0.2, 0) is 0 Å². The van der Waals surface area contributed by atoms with Crippen LogP contribution in [0.25, 0.3) is 0 Å². The molecule has 0 saturated carbocycles. The third kappa shape index (κ3) is 7.93. The Labute approximate surface area is 64.5 Å². The smallest absolute Gasteiger partial charge is 0.133 e. The molecule has 0 rings (SSSR count). The fourth-order valence-electron chi connectivity index (χ4n) is 0.313. The second kappa shape index (κ2) is 7.93. The molecule has 0 bridgehead atoms. The van der Waals surface area contributed by atoms with Gasteiger partial charge in [0.1, 0.15) is 5.40 Å². The van der Waals surface area contributed by atoms with E-state index in [0.29, 0.717) is 0 Å². The molecule has 1 nitrogen and oxygen atoms in total. The van der Waals surface area contributed by atoms with Gasteiger partial charge in [0.2, 0.25) is 0 Å². The Morgan fingerprint density at radius 1 is 1.56 bits per heavy atom. The number of hydrogen-bond donors (Lipinski definition) is 0. The van der Waals surface area contributed by atoms with Crippen molar-refractivity contribution < 1.29 is 0 Å². The monoisotopic (exact) mass is 159 g/mol. The van der Waals surface area contributed by atoms with Crippen molar-refractivity contribution in [3.63, 3.8) is 0 Å². The molecule has 3 heteroatoms. The highest BCUT2D eigenvalue weighted by Crippen LogP contribution is 2.04. The molecular weight excluding hydrogens is 150 g/mol. The van der Waals surface area contributed by atoms with E-state index in [2.05, 4.69) is 6.58 Å². The van der Waals surface area contributed by atoms with Crippen molar-refractivity contribution in [2.24, 2.45) is 0 Å². The van der Waals surface area contributed by atoms with Gasteiger partial charge in [0.05, 0.1) is 0 Å². The molecule has 0 heterocycles. The van der Waals surface area contributed by atoms with E-state index in [-0.39, 0.29) is 0 Å². The topological polar surface area (TPSA) is 23.8 Å². The van der Waals surface area contributed by atoms with Gasteiger partial charge in [-0.15, -0.1) is 6.58 Å². The molecule has 0 atom stereocenters. The van der Waals surface area contributed by atoms with Crippen molar-refractivity contribution in [3.05, 3.63) is 12.7 Å². The van der Waals surface area contributed by atoms with Gasteiger partial charge in [-0.2, -0.15) is 17.0 Å². The number of thiocyanates is 1. The van der Waals surface area contributed by atoms with Crippen LogP contribution in [0.15, 0.2) is 12.7 Å². The first-order chi connectivity index (χ1) is 4.41. The van der Waals surface area contributed by atoms with Crippen LogP contribution in [0.3, 0.4) is 0 Å². The first-order valence-corrected chi connectivity index (χ1v) is 4.75. The Hall–Kier alpha value is -0.0700. The van der Waals surface area contributed by atoms with Crippen LogP contribution in [0.2, 0.25) is 0 Å². The summed E-state index contributed by atoms with van der Waals surface area (Å²) in [6, 6.07) is 0. The van der Waals surface area contributed by atoms with Crippen LogP contribution in [0, 0.1) is 10.7 Å². The van der Waals surface area contributed by atoms with Gasteiger partial charge in [-0.25, -0.2) is 0 Å². The standard InChI is InChI=1S/C6H9NS2/c1-2-3-8-4-5-9-6-7/h2H,1,3-5H2. The van der Waals surface area contributed by atoms with Crippen LogP contribution in [-0.4, -0.2) is 17.3 Å². The molecule has 0 aromatic rings. The maximum atomic E-state index is 8.11. The second-order valence-electron chi connectivity index (χ2n) is 1.30. The van der Waals surface area contributed by atoms with Crippen LogP contribution in [0.1, 0.15) is 0 Å². The number of thioether (sulfide) groups is 2. The average Bonchev–Trinajstić information content (AvgIpc) is 1.89. The SMILES string of the molecule is C=CCSCCSC#N. The van der Waals surface area contributed by atoms with Crippen molar-refractivity contribution in [2.45, 2.75) is 0 Å².